The van der Waals surface area contributed by atoms with Gasteiger partial charge in [-0.25, -0.2) is 0 Å². The van der Waals surface area contributed by atoms with Crippen LogP contribution in [-0.2, 0) is 6.18 Å². The Morgan fingerprint density at radius 1 is 0.972 bits per heavy atom. The van der Waals surface area contributed by atoms with Crippen LogP contribution >= 0.6 is 0 Å². The van der Waals surface area contributed by atoms with Crippen LogP contribution in [0, 0.1) is 0 Å². The number of fused-ring (bicyclic) bond motifs is 2. The van der Waals surface area contributed by atoms with Crippen LogP contribution in [-0.4, -0.2) is 21.1 Å². The number of hydrogen-bond donors (Lipinski definition) is 1. The summed E-state index contributed by atoms with van der Waals surface area (Å²) >= 11 is 0. The van der Waals surface area contributed by atoms with Crippen LogP contribution in [0.5, 0.6) is 5.75 Å². The molecule has 0 saturated heterocycles. The molecular formula is C25H15F5N4O2. The van der Waals surface area contributed by atoms with Gasteiger partial charge in [0.1, 0.15) is 11.3 Å². The molecular weight excluding hydrogens is 483 g/mol. The number of ether oxygens (including phenoxy) is 1. The van der Waals surface area contributed by atoms with E-state index in [0.29, 0.717) is 22.7 Å². The average Bonchev–Trinajstić information content (AvgIpc) is 2.84. The third kappa shape index (κ3) is 4.08. The van der Waals surface area contributed by atoms with E-state index in [4.69, 9.17) is 5.73 Å². The molecule has 0 amide bonds. The first-order valence-corrected chi connectivity index (χ1v) is 10.5. The van der Waals surface area contributed by atoms with Gasteiger partial charge in [0, 0.05) is 23.5 Å². The van der Waals surface area contributed by atoms with Gasteiger partial charge in [0.05, 0.1) is 27.8 Å². The molecule has 0 fully saturated rings. The van der Waals surface area contributed by atoms with Gasteiger partial charge in [-0.15, -0.1) is 0 Å². The van der Waals surface area contributed by atoms with E-state index in [1.54, 1.807) is 36.5 Å². The normalized spacial score (nSPS) is 11.9. The topological polar surface area (TPSA) is 83.0 Å². The van der Waals surface area contributed by atoms with Crippen molar-refractivity contribution >= 4 is 27.6 Å². The van der Waals surface area contributed by atoms with E-state index < -0.39 is 23.9 Å². The number of nitrogen functional groups attached to an aromatic ring is 1. The van der Waals surface area contributed by atoms with Gasteiger partial charge in [-0.05, 0) is 54.1 Å². The molecule has 182 valence electrons. The Balaban J connectivity index is 1.82. The Morgan fingerprint density at radius 3 is 2.42 bits per heavy atom. The predicted octanol–water partition coefficient (Wildman–Crippen LogP) is 5.80. The molecule has 36 heavy (non-hydrogen) atoms. The summed E-state index contributed by atoms with van der Waals surface area (Å²) in [7, 11) is 0. The van der Waals surface area contributed by atoms with Gasteiger partial charge in [-0.1, -0.05) is 12.1 Å². The number of alkyl halides is 5. The van der Waals surface area contributed by atoms with Crippen molar-refractivity contribution in [3.63, 3.8) is 0 Å². The number of rotatable bonds is 4. The third-order valence-corrected chi connectivity index (χ3v) is 5.59. The number of nitrogens with two attached hydrogens (primary N) is 1. The van der Waals surface area contributed by atoms with Gasteiger partial charge >= 0.3 is 12.8 Å². The van der Waals surface area contributed by atoms with E-state index in [2.05, 4.69) is 14.7 Å². The molecule has 0 aliphatic heterocycles. The number of hydrogen-bond acceptors (Lipinski definition) is 5. The van der Waals surface area contributed by atoms with Gasteiger partial charge < -0.3 is 10.5 Å². The van der Waals surface area contributed by atoms with E-state index in [1.807, 2.05) is 0 Å². The number of halogens is 5. The summed E-state index contributed by atoms with van der Waals surface area (Å²) in [4.78, 5) is 21.9. The van der Waals surface area contributed by atoms with Gasteiger partial charge in [0.15, 0.2) is 0 Å². The van der Waals surface area contributed by atoms with Crippen molar-refractivity contribution < 1.29 is 26.7 Å². The van der Waals surface area contributed by atoms with Gasteiger partial charge in [-0.3, -0.25) is 19.3 Å². The second kappa shape index (κ2) is 8.59. The van der Waals surface area contributed by atoms with Crippen LogP contribution in [0.4, 0.5) is 27.6 Å². The first-order chi connectivity index (χ1) is 17.1. The zero-order valence-corrected chi connectivity index (χ0v) is 18.1. The van der Waals surface area contributed by atoms with Crippen molar-refractivity contribution in [1.29, 1.82) is 0 Å². The van der Waals surface area contributed by atoms with Crippen molar-refractivity contribution in [2.24, 2.45) is 0 Å². The van der Waals surface area contributed by atoms with Crippen molar-refractivity contribution in [2.45, 2.75) is 12.8 Å². The summed E-state index contributed by atoms with van der Waals surface area (Å²) in [6.07, 6.45) is -2.47. The van der Waals surface area contributed by atoms with Crippen molar-refractivity contribution in [3.8, 4) is 22.6 Å². The zero-order valence-electron chi connectivity index (χ0n) is 18.1. The van der Waals surface area contributed by atoms with Crippen LogP contribution in [0.25, 0.3) is 38.8 Å². The Hall–Kier alpha value is -4.54. The molecule has 6 nitrogen and oxygen atoms in total. The molecule has 2 N–H and O–H groups in total. The molecule has 5 rings (SSSR count). The van der Waals surface area contributed by atoms with Gasteiger partial charge in [0.2, 0.25) is 0 Å². The molecule has 0 spiro atoms. The minimum absolute atomic E-state index is 0.0217. The van der Waals surface area contributed by atoms with E-state index in [1.165, 1.54) is 24.3 Å². The second-order valence-corrected chi connectivity index (χ2v) is 7.80. The van der Waals surface area contributed by atoms with E-state index in [-0.39, 0.29) is 33.7 Å². The largest absolute Gasteiger partial charge is 0.435 e. The number of aromatic nitrogens is 3. The van der Waals surface area contributed by atoms with Crippen LogP contribution < -0.4 is 16.0 Å². The maximum absolute atomic E-state index is 13.8. The molecule has 2 aromatic carbocycles. The zero-order chi connectivity index (χ0) is 25.6. The quantitative estimate of drug-likeness (QED) is 0.317. The summed E-state index contributed by atoms with van der Waals surface area (Å²) in [6.45, 7) is -3.07. The standard InChI is InChI=1S/C25H15F5N4O2/c26-24(27)36-17-6-4-16(5-7-17)34-19-11-15(25(28,29)30)12-33-22(19)21(31)20(23(34)35)14-3-8-18-13(10-14)2-1-9-32-18/h1-12,24H,31H2. The van der Waals surface area contributed by atoms with E-state index >= 15 is 0 Å². The molecule has 0 radical (unpaired) electrons. The molecule has 0 saturated carbocycles. The number of nitrogens with zero attached hydrogens (tertiary/aromatic N) is 3. The van der Waals surface area contributed by atoms with Crippen molar-refractivity contribution in [1.82, 2.24) is 14.5 Å². The van der Waals surface area contributed by atoms with Crippen LogP contribution in [0.1, 0.15) is 5.56 Å². The minimum atomic E-state index is -4.73. The lowest BCUT2D eigenvalue weighted by Crippen LogP contribution is -2.23. The van der Waals surface area contributed by atoms with Crippen LogP contribution in [0.15, 0.2) is 77.9 Å². The number of anilines is 1. The fraction of sp³-hybridized carbons (Fsp3) is 0.0800. The maximum Gasteiger partial charge on any atom is 0.417 e. The second-order valence-electron chi connectivity index (χ2n) is 7.80. The highest BCUT2D eigenvalue weighted by atomic mass is 19.4. The van der Waals surface area contributed by atoms with Crippen LogP contribution in [0.2, 0.25) is 0 Å². The molecule has 0 unspecified atom stereocenters. The Bertz CT molecular complexity index is 1660. The summed E-state index contributed by atoms with van der Waals surface area (Å²) in [5.74, 6) is -0.182. The first-order valence-electron chi connectivity index (χ1n) is 10.5. The first kappa shape index (κ1) is 23.2. The minimum Gasteiger partial charge on any atom is -0.435 e. The summed E-state index contributed by atoms with van der Waals surface area (Å²) in [5.41, 5.74) is 5.40. The summed E-state index contributed by atoms with van der Waals surface area (Å²) in [5, 5.41) is 0.717. The molecule has 11 heteroatoms. The highest BCUT2D eigenvalue weighted by Crippen LogP contribution is 2.35. The molecule has 0 bridgehead atoms. The fourth-order valence-corrected chi connectivity index (χ4v) is 3.98. The monoisotopic (exact) mass is 498 g/mol. The summed E-state index contributed by atoms with van der Waals surface area (Å²) < 4.78 is 70.9. The van der Waals surface area contributed by atoms with Gasteiger partial charge in [0.25, 0.3) is 5.56 Å². The van der Waals surface area contributed by atoms with Crippen molar-refractivity contribution in [3.05, 3.63) is 89.0 Å². The molecule has 5 aromatic rings. The predicted molar refractivity (Wildman–Crippen MR) is 124 cm³/mol. The highest BCUT2D eigenvalue weighted by molar-refractivity contribution is 5.98. The summed E-state index contributed by atoms with van der Waals surface area (Å²) in [6, 6.07) is 14.2. The Kier molecular flexibility index (Phi) is 5.54. The molecule has 0 atom stereocenters. The number of pyridine rings is 3. The molecule has 3 aromatic heterocycles. The van der Waals surface area contributed by atoms with E-state index in [9.17, 15) is 26.7 Å². The lowest BCUT2D eigenvalue weighted by atomic mass is 10.0. The fourth-order valence-electron chi connectivity index (χ4n) is 3.98. The maximum atomic E-state index is 13.8. The average molecular weight is 498 g/mol. The molecule has 0 aliphatic rings. The highest BCUT2D eigenvalue weighted by Gasteiger charge is 2.32. The SMILES string of the molecule is Nc1c(-c2ccc3ncccc3c2)c(=O)n(-c2ccc(OC(F)F)cc2)c2cc(C(F)(F)F)cnc12. The third-order valence-electron chi connectivity index (χ3n) is 5.59. The van der Waals surface area contributed by atoms with E-state index in [0.717, 1.165) is 10.6 Å². The lowest BCUT2D eigenvalue weighted by molar-refractivity contribution is -0.137. The van der Waals surface area contributed by atoms with Crippen molar-refractivity contribution in [2.75, 3.05) is 5.73 Å². The molecule has 3 heterocycles. The lowest BCUT2D eigenvalue weighted by Gasteiger charge is -2.17. The smallest absolute Gasteiger partial charge is 0.417 e. The Labute approximate surface area is 199 Å². The van der Waals surface area contributed by atoms with Crippen LogP contribution in [0.3, 0.4) is 0 Å². The van der Waals surface area contributed by atoms with Gasteiger partial charge in [-0.2, -0.15) is 22.0 Å². The number of benzene rings is 2. The Morgan fingerprint density at radius 2 is 1.72 bits per heavy atom. The molecule has 0 aliphatic carbocycles.